The molecule has 1 rings (SSSR count). The van der Waals surface area contributed by atoms with E-state index in [-0.39, 0.29) is 5.75 Å². The van der Waals surface area contributed by atoms with Crippen LogP contribution in [0.1, 0.15) is 10.8 Å². The highest BCUT2D eigenvalue weighted by Gasteiger charge is 2.21. The maximum atomic E-state index is 11.0. The quantitative estimate of drug-likeness (QED) is 0.794. The van der Waals surface area contributed by atoms with E-state index in [1.54, 1.807) is 24.3 Å². The van der Waals surface area contributed by atoms with Crippen LogP contribution in [-0.2, 0) is 14.3 Å². The van der Waals surface area contributed by atoms with Crippen molar-refractivity contribution in [2.45, 2.75) is 5.25 Å². The lowest BCUT2D eigenvalue weighted by atomic mass is 10.1. The maximum absolute atomic E-state index is 11.0. The molecule has 16 heavy (non-hydrogen) atoms. The van der Waals surface area contributed by atoms with Gasteiger partial charge in [0.2, 0.25) is 0 Å². The number of hydrogen-bond donors (Lipinski definition) is 1. The summed E-state index contributed by atoms with van der Waals surface area (Å²) < 4.78 is 4.46. The van der Waals surface area contributed by atoms with E-state index in [1.165, 1.54) is 7.11 Å². The summed E-state index contributed by atoms with van der Waals surface area (Å²) in [6.07, 6.45) is 0. The first-order valence-corrected chi connectivity index (χ1v) is 5.66. The van der Waals surface area contributed by atoms with Gasteiger partial charge in [-0.2, -0.15) is 0 Å². The second-order valence-electron chi connectivity index (χ2n) is 3.02. The lowest BCUT2D eigenvalue weighted by molar-refractivity contribution is -0.137. The van der Waals surface area contributed by atoms with Gasteiger partial charge in [0, 0.05) is 0 Å². The SMILES string of the molecule is COC(=O)CSC(C(=O)O)c1ccccc1. The summed E-state index contributed by atoms with van der Waals surface area (Å²) in [4.78, 5) is 22.0. The number of benzene rings is 1. The predicted molar refractivity (Wildman–Crippen MR) is 61.3 cm³/mol. The summed E-state index contributed by atoms with van der Waals surface area (Å²) in [5.74, 6) is -1.35. The Morgan fingerprint density at radius 3 is 2.50 bits per heavy atom. The predicted octanol–water partition coefficient (Wildman–Crippen LogP) is 1.72. The molecule has 0 fully saturated rings. The van der Waals surface area contributed by atoms with Crippen LogP contribution >= 0.6 is 11.8 Å². The van der Waals surface area contributed by atoms with E-state index >= 15 is 0 Å². The Kier molecular flexibility index (Phi) is 4.85. The zero-order valence-corrected chi connectivity index (χ0v) is 9.57. The second-order valence-corrected chi connectivity index (χ2v) is 4.11. The molecule has 1 N–H and O–H groups in total. The molecule has 1 unspecified atom stereocenters. The maximum Gasteiger partial charge on any atom is 0.321 e. The molecule has 0 radical (unpaired) electrons. The van der Waals surface area contributed by atoms with E-state index < -0.39 is 17.2 Å². The van der Waals surface area contributed by atoms with Gasteiger partial charge >= 0.3 is 11.9 Å². The zero-order valence-electron chi connectivity index (χ0n) is 8.75. The molecular formula is C11H12O4S. The first-order chi connectivity index (χ1) is 7.65. The molecule has 0 saturated carbocycles. The summed E-state index contributed by atoms with van der Waals surface area (Å²) >= 11 is 1.04. The van der Waals surface area contributed by atoms with Crippen molar-refractivity contribution in [3.63, 3.8) is 0 Å². The number of carbonyl (C=O) groups is 2. The molecular weight excluding hydrogens is 228 g/mol. The summed E-state index contributed by atoms with van der Waals surface area (Å²) in [6.45, 7) is 0. The Morgan fingerprint density at radius 2 is 2.00 bits per heavy atom. The smallest absolute Gasteiger partial charge is 0.321 e. The molecule has 1 aromatic rings. The van der Waals surface area contributed by atoms with Crippen molar-refractivity contribution >= 4 is 23.7 Å². The van der Waals surface area contributed by atoms with Crippen LogP contribution in [0.5, 0.6) is 0 Å². The van der Waals surface area contributed by atoms with E-state index in [0.717, 1.165) is 11.8 Å². The normalized spacial score (nSPS) is 11.8. The van der Waals surface area contributed by atoms with Gasteiger partial charge in [-0.15, -0.1) is 11.8 Å². The van der Waals surface area contributed by atoms with Gasteiger partial charge in [0.15, 0.2) is 0 Å². The van der Waals surface area contributed by atoms with Crippen molar-refractivity contribution < 1.29 is 19.4 Å². The Balaban J connectivity index is 2.69. The largest absolute Gasteiger partial charge is 0.480 e. The van der Waals surface area contributed by atoms with Crippen molar-refractivity contribution in [3.8, 4) is 0 Å². The Labute approximate surface area is 97.6 Å². The number of carbonyl (C=O) groups excluding carboxylic acids is 1. The average molecular weight is 240 g/mol. The van der Waals surface area contributed by atoms with Crippen LogP contribution in [0, 0.1) is 0 Å². The Morgan fingerprint density at radius 1 is 1.38 bits per heavy atom. The van der Waals surface area contributed by atoms with Crippen molar-refractivity contribution in [2.24, 2.45) is 0 Å². The summed E-state index contributed by atoms with van der Waals surface area (Å²) in [6, 6.07) is 8.80. The van der Waals surface area contributed by atoms with E-state index in [4.69, 9.17) is 5.11 Å². The van der Waals surface area contributed by atoms with Crippen molar-refractivity contribution in [3.05, 3.63) is 35.9 Å². The van der Waals surface area contributed by atoms with Gasteiger partial charge in [-0.3, -0.25) is 9.59 Å². The minimum absolute atomic E-state index is 0.0301. The highest BCUT2D eigenvalue weighted by Crippen LogP contribution is 2.28. The number of thioether (sulfide) groups is 1. The van der Waals surface area contributed by atoms with Crippen LogP contribution in [0.4, 0.5) is 0 Å². The van der Waals surface area contributed by atoms with Gasteiger partial charge in [-0.1, -0.05) is 30.3 Å². The molecule has 0 aliphatic carbocycles. The van der Waals surface area contributed by atoms with Crippen LogP contribution < -0.4 is 0 Å². The van der Waals surface area contributed by atoms with Crippen LogP contribution in [0.2, 0.25) is 0 Å². The highest BCUT2D eigenvalue weighted by atomic mass is 32.2. The fourth-order valence-corrected chi connectivity index (χ4v) is 2.06. The number of carboxylic acids is 1. The van der Waals surface area contributed by atoms with Crippen LogP contribution in [0.25, 0.3) is 0 Å². The van der Waals surface area contributed by atoms with Crippen molar-refractivity contribution in [1.82, 2.24) is 0 Å². The number of hydrogen-bond acceptors (Lipinski definition) is 4. The van der Waals surface area contributed by atoms with Crippen molar-refractivity contribution in [1.29, 1.82) is 0 Å². The highest BCUT2D eigenvalue weighted by molar-refractivity contribution is 8.00. The van der Waals surface area contributed by atoms with Gasteiger partial charge in [-0.25, -0.2) is 0 Å². The van der Waals surface area contributed by atoms with Gasteiger partial charge in [0.1, 0.15) is 5.25 Å². The first kappa shape index (κ1) is 12.6. The summed E-state index contributed by atoms with van der Waals surface area (Å²) in [5.41, 5.74) is 0.670. The molecule has 0 amide bonds. The molecule has 0 aromatic heterocycles. The lowest BCUT2D eigenvalue weighted by Gasteiger charge is -2.11. The molecule has 86 valence electrons. The number of esters is 1. The molecule has 0 bridgehead atoms. The molecule has 0 saturated heterocycles. The van der Waals surface area contributed by atoms with E-state index in [2.05, 4.69) is 4.74 Å². The Bertz CT molecular complexity index is 364. The van der Waals surface area contributed by atoms with Crippen LogP contribution in [-0.4, -0.2) is 29.9 Å². The topological polar surface area (TPSA) is 63.6 Å². The average Bonchev–Trinajstić information content (AvgIpc) is 2.30. The molecule has 1 atom stereocenters. The van der Waals surface area contributed by atoms with Gasteiger partial charge in [0.05, 0.1) is 12.9 Å². The molecule has 1 aromatic carbocycles. The number of methoxy groups -OCH3 is 1. The third-order valence-electron chi connectivity index (χ3n) is 1.92. The molecule has 5 heteroatoms. The van der Waals surface area contributed by atoms with Crippen LogP contribution in [0.3, 0.4) is 0 Å². The molecule has 0 aliphatic heterocycles. The summed E-state index contributed by atoms with van der Waals surface area (Å²) in [7, 11) is 1.28. The lowest BCUT2D eigenvalue weighted by Crippen LogP contribution is -2.12. The van der Waals surface area contributed by atoms with Gasteiger partial charge < -0.3 is 9.84 Å². The zero-order chi connectivity index (χ0) is 12.0. The molecule has 0 aliphatic rings. The van der Waals surface area contributed by atoms with Crippen LogP contribution in [0.15, 0.2) is 30.3 Å². The van der Waals surface area contributed by atoms with E-state index in [0.29, 0.717) is 5.56 Å². The minimum atomic E-state index is -0.958. The summed E-state index contributed by atoms with van der Waals surface area (Å²) in [5, 5.41) is 8.30. The molecule has 4 nitrogen and oxygen atoms in total. The number of rotatable bonds is 5. The van der Waals surface area contributed by atoms with E-state index in [1.807, 2.05) is 6.07 Å². The second kappa shape index (κ2) is 6.17. The fourth-order valence-electron chi connectivity index (χ4n) is 1.15. The van der Waals surface area contributed by atoms with Gasteiger partial charge in [-0.05, 0) is 5.56 Å². The number of carboxylic acid groups (broad SMARTS) is 1. The Hall–Kier alpha value is -1.49. The third-order valence-corrected chi connectivity index (χ3v) is 3.13. The molecule has 0 spiro atoms. The van der Waals surface area contributed by atoms with Crippen molar-refractivity contribution in [2.75, 3.05) is 12.9 Å². The first-order valence-electron chi connectivity index (χ1n) is 4.61. The molecule has 0 heterocycles. The number of ether oxygens (including phenoxy) is 1. The minimum Gasteiger partial charge on any atom is -0.480 e. The third kappa shape index (κ3) is 3.58. The van der Waals surface area contributed by atoms with E-state index in [9.17, 15) is 9.59 Å². The van der Waals surface area contributed by atoms with Gasteiger partial charge in [0.25, 0.3) is 0 Å². The standard InChI is InChI=1S/C11H12O4S/c1-15-9(12)7-16-10(11(13)14)8-5-3-2-4-6-8/h2-6,10H,7H2,1H3,(H,13,14). The monoisotopic (exact) mass is 240 g/mol. The number of aliphatic carboxylic acids is 1. The fraction of sp³-hybridized carbons (Fsp3) is 0.273.